The van der Waals surface area contributed by atoms with Gasteiger partial charge in [0.05, 0.1) is 0 Å². The van der Waals surface area contributed by atoms with E-state index in [9.17, 15) is 0 Å². The third-order valence-electron chi connectivity index (χ3n) is 1.83. The number of rotatable bonds is 6. The highest BCUT2D eigenvalue weighted by atomic mass is 35.9. The van der Waals surface area contributed by atoms with Gasteiger partial charge in [0.2, 0.25) is 0 Å². The van der Waals surface area contributed by atoms with E-state index in [0.717, 1.165) is 6.54 Å². The van der Waals surface area contributed by atoms with Gasteiger partial charge < -0.3 is 0 Å². The van der Waals surface area contributed by atoms with Crippen molar-refractivity contribution in [2.45, 2.75) is 32.6 Å². The summed E-state index contributed by atoms with van der Waals surface area (Å²) in [7, 11) is 1.94. The molecule has 0 radical (unpaired) electrons. The molecule has 0 aromatic rings. The Balaban J connectivity index is 3.45. The second-order valence-electron chi connectivity index (χ2n) is 3.04. The van der Waals surface area contributed by atoms with Gasteiger partial charge in [0, 0.05) is 6.54 Å². The van der Waals surface area contributed by atoms with E-state index < -0.39 is 5.74 Å². The van der Waals surface area contributed by atoms with Crippen molar-refractivity contribution in [3.05, 3.63) is 0 Å². The van der Waals surface area contributed by atoms with Crippen LogP contribution in [0.4, 0.5) is 0 Å². The summed E-state index contributed by atoms with van der Waals surface area (Å²) in [5, 5.41) is 0. The average molecular weight is 230 g/mol. The summed E-state index contributed by atoms with van der Waals surface area (Å²) in [6.07, 6.45) is 8.72. The molecular weight excluding hydrogens is 212 g/mol. The van der Waals surface area contributed by atoms with Crippen LogP contribution >= 0.6 is 28.2 Å². The van der Waals surface area contributed by atoms with E-state index >= 15 is 0 Å². The zero-order chi connectivity index (χ0) is 9.61. The van der Waals surface area contributed by atoms with Gasteiger partial charge in [-0.2, -0.15) is 0 Å². The van der Waals surface area contributed by atoms with E-state index in [1.165, 1.54) is 25.7 Å². The van der Waals surface area contributed by atoms with Crippen molar-refractivity contribution in [3.8, 4) is 0 Å². The van der Waals surface area contributed by atoms with Crippen LogP contribution in [-0.4, -0.2) is 24.6 Å². The van der Waals surface area contributed by atoms with Gasteiger partial charge in [0.1, 0.15) is 5.74 Å². The van der Waals surface area contributed by atoms with Crippen LogP contribution in [0.3, 0.4) is 0 Å². The van der Waals surface area contributed by atoms with E-state index in [1.54, 1.807) is 0 Å². The molecular formula is C8H18Cl2NP. The van der Waals surface area contributed by atoms with Crippen LogP contribution in [0.2, 0.25) is 0 Å². The highest BCUT2D eigenvalue weighted by molar-refractivity contribution is 8.13. The Labute approximate surface area is 85.6 Å². The van der Waals surface area contributed by atoms with Crippen molar-refractivity contribution in [2.75, 3.05) is 13.6 Å². The summed E-state index contributed by atoms with van der Waals surface area (Å²) in [4.78, 5) is 0. The van der Waals surface area contributed by atoms with Crippen LogP contribution in [0.15, 0.2) is 0 Å². The summed E-state index contributed by atoms with van der Waals surface area (Å²) in [5.74, 6) is -2.03. The Hall–Kier alpha value is 0.840. The van der Waals surface area contributed by atoms with Crippen molar-refractivity contribution < 1.29 is 0 Å². The Bertz CT molecular complexity index is 155. The lowest BCUT2D eigenvalue weighted by Crippen LogP contribution is -2.11. The average Bonchev–Trinajstić information content (AvgIpc) is 1.96. The molecule has 0 bridgehead atoms. The van der Waals surface area contributed by atoms with Gasteiger partial charge in [-0.15, -0.1) is 0 Å². The second-order valence-corrected chi connectivity index (χ2v) is 8.79. The first kappa shape index (κ1) is 12.8. The van der Waals surface area contributed by atoms with Gasteiger partial charge in [-0.3, -0.25) is 4.67 Å². The molecule has 4 heteroatoms. The SMILES string of the molecule is C=P(Cl)(Cl)N(C)CCCCCC. The van der Waals surface area contributed by atoms with Gasteiger partial charge >= 0.3 is 0 Å². The number of hydrogen-bond donors (Lipinski definition) is 0. The van der Waals surface area contributed by atoms with Crippen molar-refractivity contribution in [3.63, 3.8) is 0 Å². The molecule has 0 N–H and O–H groups in total. The van der Waals surface area contributed by atoms with Gasteiger partial charge in [0.25, 0.3) is 0 Å². The lowest BCUT2D eigenvalue weighted by Gasteiger charge is -2.21. The molecule has 0 amide bonds. The smallest absolute Gasteiger partial charge is 0.115 e. The highest BCUT2D eigenvalue weighted by Crippen LogP contribution is 2.58. The minimum atomic E-state index is -2.03. The summed E-state index contributed by atoms with van der Waals surface area (Å²) in [5.41, 5.74) is 0. The summed E-state index contributed by atoms with van der Waals surface area (Å²) in [6.45, 7) is 3.16. The fraction of sp³-hybridized carbons (Fsp3) is 0.875. The molecule has 0 fully saturated rings. The number of hydrogen-bond acceptors (Lipinski definition) is 1. The molecule has 0 aromatic heterocycles. The predicted molar refractivity (Wildman–Crippen MR) is 62.5 cm³/mol. The molecule has 0 atom stereocenters. The van der Waals surface area contributed by atoms with Crippen LogP contribution in [0.1, 0.15) is 32.6 Å². The minimum absolute atomic E-state index is 0.963. The highest BCUT2D eigenvalue weighted by Gasteiger charge is 2.11. The van der Waals surface area contributed by atoms with E-state index in [4.69, 9.17) is 22.5 Å². The maximum absolute atomic E-state index is 5.89. The molecule has 0 saturated heterocycles. The van der Waals surface area contributed by atoms with Crippen LogP contribution < -0.4 is 0 Å². The maximum Gasteiger partial charge on any atom is 0.115 e. The molecule has 0 saturated carbocycles. The first-order valence-corrected chi connectivity index (χ1v) is 8.06. The van der Waals surface area contributed by atoms with Crippen LogP contribution in [-0.2, 0) is 0 Å². The molecule has 1 nitrogen and oxygen atoms in total. The summed E-state index contributed by atoms with van der Waals surface area (Å²) >= 11 is 11.8. The molecule has 0 aliphatic heterocycles. The molecule has 0 unspecified atom stereocenters. The van der Waals surface area contributed by atoms with Crippen LogP contribution in [0.25, 0.3) is 0 Å². The third-order valence-corrected chi connectivity index (χ3v) is 4.58. The molecule has 0 aliphatic rings. The maximum atomic E-state index is 5.89. The molecule has 74 valence electrons. The van der Waals surface area contributed by atoms with E-state index in [0.29, 0.717) is 0 Å². The van der Waals surface area contributed by atoms with Gasteiger partial charge in [0.15, 0.2) is 0 Å². The van der Waals surface area contributed by atoms with Gasteiger partial charge in [-0.25, -0.2) is 0 Å². The standard InChI is InChI=1S/C8H18Cl2NP/c1-4-5-6-7-8-11(2)12(3,9)10/h3-8H2,1-2H3. The molecule has 0 heterocycles. The molecule has 0 aliphatic carbocycles. The molecule has 0 aromatic carbocycles. The number of halogens is 2. The van der Waals surface area contributed by atoms with Crippen molar-refractivity contribution in [1.29, 1.82) is 0 Å². The first-order valence-electron chi connectivity index (χ1n) is 4.32. The third kappa shape index (κ3) is 6.37. The fourth-order valence-corrected chi connectivity index (χ4v) is 1.80. The van der Waals surface area contributed by atoms with E-state index in [1.807, 2.05) is 11.7 Å². The summed E-state index contributed by atoms with van der Waals surface area (Å²) in [6, 6.07) is 0. The zero-order valence-corrected chi connectivity index (χ0v) is 10.3. The van der Waals surface area contributed by atoms with Gasteiger partial charge in [-0.05, 0) is 13.5 Å². The molecule has 0 spiro atoms. The topological polar surface area (TPSA) is 3.24 Å². The van der Waals surface area contributed by atoms with Crippen molar-refractivity contribution in [1.82, 2.24) is 4.67 Å². The number of unbranched alkanes of at least 4 members (excludes halogenated alkanes) is 3. The lowest BCUT2D eigenvalue weighted by atomic mass is 10.2. The lowest BCUT2D eigenvalue weighted by molar-refractivity contribution is 0.511. The molecule has 0 rings (SSSR count). The van der Waals surface area contributed by atoms with Gasteiger partial charge in [-0.1, -0.05) is 55.0 Å². The minimum Gasteiger partial charge on any atom is -0.264 e. The van der Waals surface area contributed by atoms with Crippen molar-refractivity contribution in [2.24, 2.45) is 0 Å². The zero-order valence-electron chi connectivity index (χ0n) is 7.89. The first-order chi connectivity index (χ1) is 5.48. The normalized spacial score (nSPS) is 12.4. The van der Waals surface area contributed by atoms with Crippen molar-refractivity contribution >= 4 is 34.5 Å². The quantitative estimate of drug-likeness (QED) is 0.489. The monoisotopic (exact) mass is 229 g/mol. The fourth-order valence-electron chi connectivity index (χ4n) is 0.914. The molecule has 12 heavy (non-hydrogen) atoms. The van der Waals surface area contributed by atoms with Crippen LogP contribution in [0, 0.1) is 0 Å². The predicted octanol–water partition coefficient (Wildman–Crippen LogP) is 4.17. The largest absolute Gasteiger partial charge is 0.264 e. The van der Waals surface area contributed by atoms with Crippen LogP contribution in [0.5, 0.6) is 0 Å². The Morgan fingerprint density at radius 2 is 1.83 bits per heavy atom. The summed E-state index contributed by atoms with van der Waals surface area (Å²) < 4.78 is 1.96. The Morgan fingerprint density at radius 1 is 1.25 bits per heavy atom. The Kier molecular flexibility index (Phi) is 6.76. The Morgan fingerprint density at radius 3 is 2.25 bits per heavy atom. The second kappa shape index (κ2) is 6.32. The van der Waals surface area contributed by atoms with E-state index in [2.05, 4.69) is 13.2 Å². The number of nitrogens with zero attached hydrogens (tertiary/aromatic N) is 1. The van der Waals surface area contributed by atoms with E-state index in [-0.39, 0.29) is 0 Å².